The summed E-state index contributed by atoms with van der Waals surface area (Å²) in [6.07, 6.45) is 0. The fraction of sp³-hybridized carbons (Fsp3) is 0.0714. The van der Waals surface area contributed by atoms with E-state index in [9.17, 15) is 26.7 Å². The van der Waals surface area contributed by atoms with Crippen LogP contribution in [0.5, 0.6) is 5.75 Å². The third-order valence-electron chi connectivity index (χ3n) is 2.75. The monoisotopic (exact) mass is 318 g/mol. The molecule has 0 bridgehead atoms. The molecule has 2 aromatic carbocycles. The topological polar surface area (TPSA) is 46.5 Å². The fourth-order valence-corrected chi connectivity index (χ4v) is 1.68. The first kappa shape index (κ1) is 15.7. The molecule has 0 aliphatic heterocycles. The zero-order valence-electron chi connectivity index (χ0n) is 10.7. The Kier molecular flexibility index (Phi) is 4.30. The number of carboxylic acid groups (broad SMARTS) is 1. The van der Waals surface area contributed by atoms with Crippen molar-refractivity contribution < 1.29 is 36.6 Å². The van der Waals surface area contributed by atoms with Crippen LogP contribution in [-0.4, -0.2) is 11.1 Å². The molecule has 0 unspecified atom stereocenters. The third-order valence-corrected chi connectivity index (χ3v) is 2.75. The molecule has 8 heteroatoms. The number of rotatable bonds is 4. The highest BCUT2D eigenvalue weighted by atomic mass is 19.2. The Morgan fingerprint density at radius 3 is 2.14 bits per heavy atom. The predicted octanol–water partition coefficient (Wildman–Crippen LogP) is 3.66. The van der Waals surface area contributed by atoms with Gasteiger partial charge in [-0.25, -0.2) is 18.0 Å². The quantitative estimate of drug-likeness (QED) is 0.691. The van der Waals surface area contributed by atoms with Crippen LogP contribution in [0.2, 0.25) is 0 Å². The Bertz CT molecular complexity index is 719. The average molecular weight is 318 g/mol. The summed E-state index contributed by atoms with van der Waals surface area (Å²) in [4.78, 5) is 10.7. The molecule has 1 N–H and O–H groups in total. The number of benzene rings is 2. The van der Waals surface area contributed by atoms with Crippen molar-refractivity contribution in [1.29, 1.82) is 0 Å². The number of carboxylic acids is 1. The van der Waals surface area contributed by atoms with E-state index in [1.54, 1.807) is 0 Å². The van der Waals surface area contributed by atoms with Gasteiger partial charge in [0, 0.05) is 11.6 Å². The first-order chi connectivity index (χ1) is 10.3. The van der Waals surface area contributed by atoms with E-state index in [-0.39, 0.29) is 11.6 Å². The van der Waals surface area contributed by atoms with Gasteiger partial charge in [-0.1, -0.05) is 12.1 Å². The van der Waals surface area contributed by atoms with Crippen LogP contribution in [0.1, 0.15) is 15.9 Å². The summed E-state index contributed by atoms with van der Waals surface area (Å²) in [6, 6.07) is 3.27. The Morgan fingerprint density at radius 2 is 1.59 bits per heavy atom. The van der Waals surface area contributed by atoms with Gasteiger partial charge in [-0.2, -0.15) is 8.78 Å². The van der Waals surface area contributed by atoms with Crippen LogP contribution in [0, 0.1) is 29.1 Å². The second-order valence-corrected chi connectivity index (χ2v) is 4.17. The lowest BCUT2D eigenvalue weighted by Crippen LogP contribution is -2.08. The molecule has 3 nitrogen and oxygen atoms in total. The van der Waals surface area contributed by atoms with Gasteiger partial charge in [0.1, 0.15) is 12.4 Å². The van der Waals surface area contributed by atoms with E-state index < -0.39 is 53.0 Å². The molecule has 0 fully saturated rings. The summed E-state index contributed by atoms with van der Waals surface area (Å²) < 4.78 is 71.0. The van der Waals surface area contributed by atoms with Gasteiger partial charge in [-0.3, -0.25) is 0 Å². The second-order valence-electron chi connectivity index (χ2n) is 4.17. The first-order valence-electron chi connectivity index (χ1n) is 5.79. The number of halogens is 5. The molecule has 2 aromatic rings. The molecular weight excluding hydrogens is 311 g/mol. The summed E-state index contributed by atoms with van der Waals surface area (Å²) in [5.41, 5.74) is -1.02. The van der Waals surface area contributed by atoms with Gasteiger partial charge in [0.25, 0.3) is 0 Å². The molecule has 0 spiro atoms. The van der Waals surface area contributed by atoms with Gasteiger partial charge in [-0.05, 0) is 6.07 Å². The molecule has 116 valence electrons. The molecule has 0 aliphatic carbocycles. The first-order valence-corrected chi connectivity index (χ1v) is 5.79. The minimum absolute atomic E-state index is 0.00314. The molecule has 0 aromatic heterocycles. The van der Waals surface area contributed by atoms with Gasteiger partial charge in [0.2, 0.25) is 11.6 Å². The predicted molar refractivity (Wildman–Crippen MR) is 64.0 cm³/mol. The summed E-state index contributed by atoms with van der Waals surface area (Å²) in [6.45, 7) is -0.816. The van der Waals surface area contributed by atoms with E-state index in [0.29, 0.717) is 0 Å². The number of carbonyl (C=O) groups is 1. The molecule has 0 saturated heterocycles. The molecule has 0 amide bonds. The van der Waals surface area contributed by atoms with Crippen molar-refractivity contribution in [1.82, 2.24) is 0 Å². The van der Waals surface area contributed by atoms with Crippen LogP contribution in [-0.2, 0) is 6.61 Å². The number of hydrogen-bond acceptors (Lipinski definition) is 2. The zero-order chi connectivity index (χ0) is 16.4. The number of ether oxygens (including phenoxy) is 1. The Labute approximate surface area is 120 Å². The van der Waals surface area contributed by atoms with Gasteiger partial charge >= 0.3 is 5.97 Å². The van der Waals surface area contributed by atoms with E-state index in [1.807, 2.05) is 0 Å². The van der Waals surface area contributed by atoms with Crippen molar-refractivity contribution >= 4 is 5.97 Å². The smallest absolute Gasteiger partial charge is 0.338 e. The minimum Gasteiger partial charge on any atom is -0.483 e. The zero-order valence-corrected chi connectivity index (χ0v) is 10.7. The summed E-state index contributed by atoms with van der Waals surface area (Å²) >= 11 is 0. The highest BCUT2D eigenvalue weighted by Gasteiger charge is 2.21. The standard InChI is InChI=1S/C14H7F5O3/c15-8-4-9(16)12(19)13(11(8)18)22-5-6-2-1-3-7(10(6)17)14(20)21/h1-4H,5H2,(H,20,21). The van der Waals surface area contributed by atoms with Crippen molar-refractivity contribution in [3.05, 3.63) is 64.5 Å². The van der Waals surface area contributed by atoms with E-state index in [1.165, 1.54) is 6.07 Å². The SMILES string of the molecule is O=C(O)c1cccc(COc2c(F)c(F)cc(F)c2F)c1F. The maximum absolute atomic E-state index is 13.8. The van der Waals surface area contributed by atoms with Crippen LogP contribution in [0.4, 0.5) is 22.0 Å². The molecule has 0 saturated carbocycles. The Balaban J connectivity index is 2.32. The van der Waals surface area contributed by atoms with E-state index in [4.69, 9.17) is 5.11 Å². The third kappa shape index (κ3) is 2.85. The Hall–Kier alpha value is -2.64. The summed E-state index contributed by atoms with van der Waals surface area (Å²) in [7, 11) is 0. The van der Waals surface area contributed by atoms with Gasteiger partial charge in [-0.15, -0.1) is 0 Å². The van der Waals surface area contributed by atoms with Crippen molar-refractivity contribution in [2.75, 3.05) is 0 Å². The largest absolute Gasteiger partial charge is 0.483 e. The summed E-state index contributed by atoms with van der Waals surface area (Å²) in [5.74, 6) is -11.0. The van der Waals surface area contributed by atoms with Crippen molar-refractivity contribution in [3.8, 4) is 5.75 Å². The van der Waals surface area contributed by atoms with Gasteiger partial charge < -0.3 is 9.84 Å². The maximum Gasteiger partial charge on any atom is 0.338 e. The molecule has 0 heterocycles. The number of hydrogen-bond donors (Lipinski definition) is 1. The van der Waals surface area contributed by atoms with Crippen LogP contribution < -0.4 is 4.74 Å². The van der Waals surface area contributed by atoms with Crippen LogP contribution >= 0.6 is 0 Å². The number of aromatic carboxylic acids is 1. The van der Waals surface area contributed by atoms with Crippen LogP contribution in [0.15, 0.2) is 24.3 Å². The normalized spacial score (nSPS) is 10.6. The second kappa shape index (κ2) is 6.00. The van der Waals surface area contributed by atoms with E-state index in [0.717, 1.165) is 12.1 Å². The highest BCUT2D eigenvalue weighted by Crippen LogP contribution is 2.27. The van der Waals surface area contributed by atoms with Crippen LogP contribution in [0.25, 0.3) is 0 Å². The molecule has 2 rings (SSSR count). The molecule has 0 atom stereocenters. The molecule has 0 aliphatic rings. The lowest BCUT2D eigenvalue weighted by molar-refractivity contribution is 0.0691. The molecular formula is C14H7F5O3. The van der Waals surface area contributed by atoms with Gasteiger partial charge in [0.05, 0.1) is 5.56 Å². The van der Waals surface area contributed by atoms with Crippen LogP contribution in [0.3, 0.4) is 0 Å². The lowest BCUT2D eigenvalue weighted by atomic mass is 10.1. The van der Waals surface area contributed by atoms with Crippen molar-refractivity contribution in [2.24, 2.45) is 0 Å². The molecule has 0 radical (unpaired) electrons. The fourth-order valence-electron chi connectivity index (χ4n) is 1.68. The van der Waals surface area contributed by atoms with Crippen molar-refractivity contribution in [3.63, 3.8) is 0 Å². The van der Waals surface area contributed by atoms with E-state index in [2.05, 4.69) is 4.74 Å². The maximum atomic E-state index is 13.8. The van der Waals surface area contributed by atoms with Crippen molar-refractivity contribution in [2.45, 2.75) is 6.61 Å². The van der Waals surface area contributed by atoms with E-state index >= 15 is 0 Å². The summed E-state index contributed by atoms with van der Waals surface area (Å²) in [5, 5.41) is 8.74. The van der Waals surface area contributed by atoms with Gasteiger partial charge in [0.15, 0.2) is 17.4 Å². The highest BCUT2D eigenvalue weighted by molar-refractivity contribution is 5.88. The average Bonchev–Trinajstić information content (AvgIpc) is 2.46. The lowest BCUT2D eigenvalue weighted by Gasteiger charge is -2.10. The Morgan fingerprint density at radius 1 is 1.00 bits per heavy atom. The molecule has 22 heavy (non-hydrogen) atoms. The minimum atomic E-state index is -1.77.